The maximum absolute atomic E-state index is 12.3. The van der Waals surface area contributed by atoms with Gasteiger partial charge in [-0.1, -0.05) is 0 Å². The first-order valence-electron chi connectivity index (χ1n) is 8.13. The van der Waals surface area contributed by atoms with E-state index >= 15 is 0 Å². The zero-order valence-corrected chi connectivity index (χ0v) is 13.6. The summed E-state index contributed by atoms with van der Waals surface area (Å²) in [4.78, 5) is 16.3. The quantitative estimate of drug-likeness (QED) is 0.676. The van der Waals surface area contributed by atoms with Gasteiger partial charge in [-0.05, 0) is 24.3 Å². The number of anilines is 1. The fourth-order valence-corrected chi connectivity index (χ4v) is 2.83. The van der Waals surface area contributed by atoms with E-state index in [4.69, 9.17) is 0 Å². The van der Waals surface area contributed by atoms with Crippen LogP contribution in [0.2, 0.25) is 0 Å². The van der Waals surface area contributed by atoms with E-state index in [1.54, 1.807) is 28.0 Å². The lowest BCUT2D eigenvalue weighted by atomic mass is 10.3. The molecule has 0 atom stereocenters. The molecular formula is C16H18N8O. The summed E-state index contributed by atoms with van der Waals surface area (Å²) in [6.45, 7) is 3.10. The van der Waals surface area contributed by atoms with Crippen molar-refractivity contribution in [3.8, 4) is 5.82 Å². The zero-order valence-electron chi connectivity index (χ0n) is 13.6. The molecule has 1 amide bonds. The van der Waals surface area contributed by atoms with E-state index in [9.17, 15) is 4.79 Å². The summed E-state index contributed by atoms with van der Waals surface area (Å²) in [6, 6.07) is 7.49. The Balaban J connectivity index is 1.34. The average molecular weight is 338 g/mol. The van der Waals surface area contributed by atoms with Crippen molar-refractivity contribution in [2.24, 2.45) is 0 Å². The number of hydrogen-bond acceptors (Lipinski definition) is 6. The Hall–Kier alpha value is -3.23. The number of nitrogens with zero attached hydrogens (tertiary/aromatic N) is 8. The number of hydrogen-bond donors (Lipinski definition) is 0. The van der Waals surface area contributed by atoms with Crippen molar-refractivity contribution < 1.29 is 4.79 Å². The van der Waals surface area contributed by atoms with Crippen LogP contribution in [0.25, 0.3) is 5.82 Å². The molecule has 4 rings (SSSR count). The molecular weight excluding hydrogens is 320 g/mol. The minimum atomic E-state index is 0.0865. The van der Waals surface area contributed by atoms with E-state index in [0.717, 1.165) is 18.9 Å². The van der Waals surface area contributed by atoms with Gasteiger partial charge in [-0.15, -0.1) is 10.2 Å². The predicted octanol–water partition coefficient (Wildman–Crippen LogP) is 0.208. The van der Waals surface area contributed by atoms with E-state index in [2.05, 4.69) is 25.3 Å². The largest absolute Gasteiger partial charge is 0.352 e. The Bertz CT molecular complexity index is 804. The van der Waals surface area contributed by atoms with E-state index < -0.39 is 0 Å². The lowest BCUT2D eigenvalue weighted by Gasteiger charge is -2.35. The molecule has 1 saturated heterocycles. The van der Waals surface area contributed by atoms with Gasteiger partial charge in [0.15, 0.2) is 11.6 Å². The number of carbonyl (C=O) groups excluding carboxylic acids is 1. The normalized spacial score (nSPS) is 14.7. The van der Waals surface area contributed by atoms with Crippen molar-refractivity contribution in [2.45, 2.75) is 6.54 Å². The monoisotopic (exact) mass is 338 g/mol. The summed E-state index contributed by atoms with van der Waals surface area (Å²) in [6.07, 6.45) is 7.00. The summed E-state index contributed by atoms with van der Waals surface area (Å²) in [5.74, 6) is 1.58. The molecule has 0 aliphatic carbocycles. The van der Waals surface area contributed by atoms with Crippen LogP contribution in [0.15, 0.2) is 49.1 Å². The second-order valence-corrected chi connectivity index (χ2v) is 5.77. The van der Waals surface area contributed by atoms with Gasteiger partial charge in [0.2, 0.25) is 5.91 Å². The first kappa shape index (κ1) is 15.3. The van der Waals surface area contributed by atoms with Gasteiger partial charge in [0.25, 0.3) is 0 Å². The molecule has 0 aromatic carbocycles. The third kappa shape index (κ3) is 3.35. The summed E-state index contributed by atoms with van der Waals surface area (Å²) in [7, 11) is 0. The zero-order chi connectivity index (χ0) is 17.1. The second kappa shape index (κ2) is 6.71. The van der Waals surface area contributed by atoms with Crippen molar-refractivity contribution in [2.75, 3.05) is 31.1 Å². The van der Waals surface area contributed by atoms with Gasteiger partial charge in [0.1, 0.15) is 6.54 Å². The van der Waals surface area contributed by atoms with Crippen molar-refractivity contribution in [1.29, 1.82) is 0 Å². The molecule has 0 unspecified atom stereocenters. The Morgan fingerprint density at radius 1 is 0.920 bits per heavy atom. The fourth-order valence-electron chi connectivity index (χ4n) is 2.83. The number of amides is 1. The summed E-state index contributed by atoms with van der Waals surface area (Å²) < 4.78 is 3.32. The molecule has 9 nitrogen and oxygen atoms in total. The lowest BCUT2D eigenvalue weighted by molar-refractivity contribution is -0.132. The number of piperazine rings is 1. The smallest absolute Gasteiger partial charge is 0.244 e. The molecule has 1 fully saturated rings. The van der Waals surface area contributed by atoms with Crippen LogP contribution in [0.1, 0.15) is 0 Å². The second-order valence-electron chi connectivity index (χ2n) is 5.77. The van der Waals surface area contributed by atoms with Crippen LogP contribution in [0.4, 0.5) is 5.82 Å². The molecule has 25 heavy (non-hydrogen) atoms. The SMILES string of the molecule is O=C(Cn1cccn1)N1CCN(c2ccc(-n3cccn3)nn2)CC1. The van der Waals surface area contributed by atoms with Crippen LogP contribution in [-0.4, -0.2) is 66.7 Å². The summed E-state index contributed by atoms with van der Waals surface area (Å²) >= 11 is 0. The Morgan fingerprint density at radius 3 is 2.28 bits per heavy atom. The molecule has 0 spiro atoms. The molecule has 128 valence electrons. The molecule has 1 aliphatic rings. The summed E-state index contributed by atoms with van der Waals surface area (Å²) in [5, 5.41) is 16.7. The van der Waals surface area contributed by atoms with E-state index in [1.807, 2.05) is 35.4 Å². The molecule has 3 aromatic rings. The van der Waals surface area contributed by atoms with Crippen LogP contribution in [0.3, 0.4) is 0 Å². The Labute approximate surface area is 144 Å². The minimum Gasteiger partial charge on any atom is -0.352 e. The number of aromatic nitrogens is 6. The first-order chi connectivity index (χ1) is 12.3. The molecule has 4 heterocycles. The maximum atomic E-state index is 12.3. The minimum absolute atomic E-state index is 0.0865. The Kier molecular flexibility index (Phi) is 4.11. The maximum Gasteiger partial charge on any atom is 0.244 e. The predicted molar refractivity (Wildman–Crippen MR) is 90.2 cm³/mol. The molecule has 0 bridgehead atoms. The van der Waals surface area contributed by atoms with Crippen LogP contribution < -0.4 is 4.90 Å². The van der Waals surface area contributed by atoms with Gasteiger partial charge in [0, 0.05) is 51.0 Å². The van der Waals surface area contributed by atoms with Gasteiger partial charge in [-0.2, -0.15) is 10.2 Å². The molecule has 3 aromatic heterocycles. The molecule has 1 aliphatic heterocycles. The average Bonchev–Trinajstić information content (AvgIpc) is 3.36. The highest BCUT2D eigenvalue weighted by Crippen LogP contribution is 2.14. The van der Waals surface area contributed by atoms with Gasteiger partial charge < -0.3 is 9.80 Å². The summed E-state index contributed by atoms with van der Waals surface area (Å²) in [5.41, 5.74) is 0. The van der Waals surface area contributed by atoms with Crippen LogP contribution >= 0.6 is 0 Å². The standard InChI is InChI=1S/C16H18N8O/c25-16(13-23-7-1-5-17-23)22-11-9-21(10-12-22)14-3-4-15(20-19-14)24-8-2-6-18-24/h1-8H,9-13H2. The van der Waals surface area contributed by atoms with Gasteiger partial charge >= 0.3 is 0 Å². The van der Waals surface area contributed by atoms with Crippen LogP contribution in [0, 0.1) is 0 Å². The highest BCUT2D eigenvalue weighted by atomic mass is 16.2. The van der Waals surface area contributed by atoms with Gasteiger partial charge in [-0.25, -0.2) is 4.68 Å². The number of carbonyl (C=O) groups is 1. The fraction of sp³-hybridized carbons (Fsp3) is 0.312. The lowest BCUT2D eigenvalue weighted by Crippen LogP contribution is -2.50. The van der Waals surface area contributed by atoms with Crippen molar-refractivity contribution in [3.63, 3.8) is 0 Å². The van der Waals surface area contributed by atoms with Crippen LogP contribution in [0.5, 0.6) is 0 Å². The third-order valence-electron chi connectivity index (χ3n) is 4.19. The molecule has 0 N–H and O–H groups in total. The Morgan fingerprint density at radius 2 is 1.64 bits per heavy atom. The van der Waals surface area contributed by atoms with E-state index in [0.29, 0.717) is 18.9 Å². The van der Waals surface area contributed by atoms with Gasteiger partial charge in [0.05, 0.1) is 0 Å². The molecule has 0 saturated carbocycles. The van der Waals surface area contributed by atoms with Gasteiger partial charge in [-0.3, -0.25) is 9.48 Å². The van der Waals surface area contributed by atoms with Crippen molar-refractivity contribution in [1.82, 2.24) is 34.7 Å². The highest BCUT2D eigenvalue weighted by molar-refractivity contribution is 5.76. The number of rotatable bonds is 4. The van der Waals surface area contributed by atoms with Crippen molar-refractivity contribution >= 4 is 11.7 Å². The molecule has 0 radical (unpaired) electrons. The van der Waals surface area contributed by atoms with E-state index in [-0.39, 0.29) is 12.5 Å². The first-order valence-corrected chi connectivity index (χ1v) is 8.13. The topological polar surface area (TPSA) is 85.0 Å². The third-order valence-corrected chi connectivity index (χ3v) is 4.19. The van der Waals surface area contributed by atoms with Crippen LogP contribution in [-0.2, 0) is 11.3 Å². The highest BCUT2D eigenvalue weighted by Gasteiger charge is 2.22. The molecule has 9 heteroatoms. The van der Waals surface area contributed by atoms with Crippen molar-refractivity contribution in [3.05, 3.63) is 49.1 Å². The van der Waals surface area contributed by atoms with E-state index in [1.165, 1.54) is 0 Å².